The molecule has 1 aliphatic rings. The first kappa shape index (κ1) is 27.8. The van der Waals surface area contributed by atoms with Crippen LogP contribution in [-0.2, 0) is 4.79 Å². The quantitative estimate of drug-likeness (QED) is 0.442. The number of methoxy groups -OCH3 is 2. The molecule has 0 spiro atoms. The van der Waals surface area contributed by atoms with E-state index in [1.807, 2.05) is 24.1 Å². The van der Waals surface area contributed by atoms with Gasteiger partial charge in [0, 0.05) is 49.4 Å². The number of benzene rings is 2. The van der Waals surface area contributed by atoms with Gasteiger partial charge in [-0.25, -0.2) is 0 Å². The molecule has 2 amide bonds. The van der Waals surface area contributed by atoms with Crippen LogP contribution in [0.15, 0.2) is 36.4 Å². The Bertz CT molecular complexity index is 1060. The fraction of sp³-hybridized carbons (Fsp3) is 0.500. The molecule has 0 bridgehead atoms. The molecule has 0 fully saturated rings. The highest BCUT2D eigenvalue weighted by Crippen LogP contribution is 2.39. The van der Waals surface area contributed by atoms with Gasteiger partial charge in [-0.1, -0.05) is 25.4 Å². The van der Waals surface area contributed by atoms with Crippen LogP contribution in [0, 0.1) is 0 Å². The summed E-state index contributed by atoms with van der Waals surface area (Å²) in [5, 5.41) is 0.599. The third-order valence-electron chi connectivity index (χ3n) is 7.02. The van der Waals surface area contributed by atoms with Crippen molar-refractivity contribution in [3.63, 3.8) is 0 Å². The third kappa shape index (κ3) is 6.51. The van der Waals surface area contributed by atoms with E-state index in [9.17, 15) is 9.59 Å². The second-order valence-corrected chi connectivity index (χ2v) is 9.55. The third-order valence-corrected chi connectivity index (χ3v) is 7.26. The zero-order chi connectivity index (χ0) is 26.2. The molecule has 8 heteroatoms. The van der Waals surface area contributed by atoms with Gasteiger partial charge in [0.15, 0.2) is 11.5 Å². The lowest BCUT2D eigenvalue weighted by atomic mass is 9.90. The van der Waals surface area contributed by atoms with Crippen molar-refractivity contribution in [2.24, 2.45) is 0 Å². The highest BCUT2D eigenvalue weighted by molar-refractivity contribution is 6.30. The molecule has 0 radical (unpaired) electrons. The van der Waals surface area contributed by atoms with Gasteiger partial charge in [-0.05, 0) is 73.8 Å². The minimum absolute atomic E-state index is 0.00898. The lowest BCUT2D eigenvalue weighted by molar-refractivity contribution is -0.130. The Labute approximate surface area is 219 Å². The predicted octanol–water partition coefficient (Wildman–Crippen LogP) is 5.07. The fourth-order valence-corrected chi connectivity index (χ4v) is 4.92. The molecule has 0 aliphatic carbocycles. The number of hydrogen-bond donors (Lipinski definition) is 0. The maximum atomic E-state index is 13.6. The van der Waals surface area contributed by atoms with E-state index in [1.54, 1.807) is 43.4 Å². The van der Waals surface area contributed by atoms with Gasteiger partial charge in [0.05, 0.1) is 14.2 Å². The number of likely N-dealkylation sites (N-methyl/N-ethyl adjacent to an activating group) is 2. The van der Waals surface area contributed by atoms with Gasteiger partial charge >= 0.3 is 0 Å². The van der Waals surface area contributed by atoms with Crippen LogP contribution >= 0.6 is 11.6 Å². The number of rotatable bonds is 10. The van der Waals surface area contributed by atoms with Crippen molar-refractivity contribution in [2.75, 3.05) is 58.9 Å². The molecular weight excluding hydrogens is 478 g/mol. The van der Waals surface area contributed by atoms with Crippen LogP contribution in [0.25, 0.3) is 0 Å². The maximum absolute atomic E-state index is 13.6. The summed E-state index contributed by atoms with van der Waals surface area (Å²) in [6.07, 6.45) is 1.98. The lowest BCUT2D eigenvalue weighted by Crippen LogP contribution is -2.36. The second-order valence-electron chi connectivity index (χ2n) is 9.12. The predicted molar refractivity (Wildman–Crippen MR) is 145 cm³/mol. The van der Waals surface area contributed by atoms with E-state index in [-0.39, 0.29) is 17.7 Å². The van der Waals surface area contributed by atoms with Crippen molar-refractivity contribution < 1.29 is 19.1 Å². The number of carbonyl (C=O) groups is 2. The SMILES string of the molecule is CCN(CC)CCN(C)C(=O)CC1CCCN(C(=O)c2ccc(OC)c(OC)c2)c2ccc(Cl)cc21. The molecule has 196 valence electrons. The molecule has 1 heterocycles. The Hall–Kier alpha value is -2.77. The molecule has 0 saturated heterocycles. The first-order chi connectivity index (χ1) is 17.3. The summed E-state index contributed by atoms with van der Waals surface area (Å²) >= 11 is 6.39. The van der Waals surface area contributed by atoms with E-state index in [0.29, 0.717) is 41.6 Å². The summed E-state index contributed by atoms with van der Waals surface area (Å²) in [5.74, 6) is 1.05. The monoisotopic (exact) mass is 515 g/mol. The largest absolute Gasteiger partial charge is 0.493 e. The molecule has 0 N–H and O–H groups in total. The number of amides is 2. The lowest BCUT2D eigenvalue weighted by Gasteiger charge is -2.26. The number of hydrogen-bond acceptors (Lipinski definition) is 5. The van der Waals surface area contributed by atoms with E-state index in [1.165, 1.54) is 0 Å². The molecule has 0 saturated carbocycles. The topological polar surface area (TPSA) is 62.3 Å². The zero-order valence-corrected chi connectivity index (χ0v) is 22.8. The van der Waals surface area contributed by atoms with Crippen LogP contribution in [0.1, 0.15) is 54.9 Å². The van der Waals surface area contributed by atoms with E-state index in [0.717, 1.165) is 43.7 Å². The normalized spacial score (nSPS) is 15.3. The highest BCUT2D eigenvalue weighted by atomic mass is 35.5. The highest BCUT2D eigenvalue weighted by Gasteiger charge is 2.30. The van der Waals surface area contributed by atoms with Crippen LogP contribution < -0.4 is 14.4 Å². The van der Waals surface area contributed by atoms with Gasteiger partial charge < -0.3 is 24.2 Å². The Kier molecular flexibility index (Phi) is 10.0. The van der Waals surface area contributed by atoms with Crippen molar-refractivity contribution >= 4 is 29.1 Å². The van der Waals surface area contributed by atoms with Crippen LogP contribution in [0.5, 0.6) is 11.5 Å². The van der Waals surface area contributed by atoms with Crippen LogP contribution in [0.2, 0.25) is 5.02 Å². The van der Waals surface area contributed by atoms with Gasteiger partial charge in [-0.2, -0.15) is 0 Å². The molecule has 1 atom stereocenters. The van der Waals surface area contributed by atoms with Gasteiger partial charge in [0.25, 0.3) is 5.91 Å². The smallest absolute Gasteiger partial charge is 0.258 e. The molecule has 2 aromatic carbocycles. The molecule has 7 nitrogen and oxygen atoms in total. The Morgan fingerprint density at radius 2 is 1.75 bits per heavy atom. The number of halogens is 1. The molecule has 1 aliphatic heterocycles. The molecule has 3 rings (SSSR count). The Morgan fingerprint density at radius 1 is 1.03 bits per heavy atom. The maximum Gasteiger partial charge on any atom is 0.258 e. The van der Waals surface area contributed by atoms with Crippen molar-refractivity contribution in [3.05, 3.63) is 52.5 Å². The Morgan fingerprint density at radius 3 is 2.42 bits per heavy atom. The Balaban J connectivity index is 1.84. The minimum atomic E-state index is -0.122. The first-order valence-corrected chi connectivity index (χ1v) is 13.0. The fourth-order valence-electron chi connectivity index (χ4n) is 4.74. The zero-order valence-electron chi connectivity index (χ0n) is 22.1. The summed E-state index contributed by atoms with van der Waals surface area (Å²) < 4.78 is 10.7. The molecule has 1 unspecified atom stereocenters. The van der Waals surface area contributed by atoms with Crippen LogP contribution in [-0.4, -0.2) is 75.6 Å². The van der Waals surface area contributed by atoms with E-state index < -0.39 is 0 Å². The minimum Gasteiger partial charge on any atom is -0.493 e. The number of ether oxygens (including phenoxy) is 2. The van der Waals surface area contributed by atoms with Gasteiger partial charge in [0.2, 0.25) is 5.91 Å². The van der Waals surface area contributed by atoms with Gasteiger partial charge in [0.1, 0.15) is 0 Å². The molecular formula is C28H38ClN3O4. The van der Waals surface area contributed by atoms with Crippen LogP contribution in [0.3, 0.4) is 0 Å². The summed E-state index contributed by atoms with van der Waals surface area (Å²) in [7, 11) is 4.99. The van der Waals surface area contributed by atoms with Crippen molar-refractivity contribution in [3.8, 4) is 11.5 Å². The van der Waals surface area contributed by atoms with Crippen LogP contribution in [0.4, 0.5) is 5.69 Å². The number of nitrogens with zero attached hydrogens (tertiary/aromatic N) is 3. The van der Waals surface area contributed by atoms with Crippen molar-refractivity contribution in [1.29, 1.82) is 0 Å². The van der Waals surface area contributed by atoms with Crippen molar-refractivity contribution in [1.82, 2.24) is 9.80 Å². The standard InChI is InChI=1S/C28H38ClN3O4/c1-6-31(7-2)16-15-30(3)27(33)18-20-9-8-14-32(24-12-11-22(29)19-23(20)24)28(34)21-10-13-25(35-4)26(17-21)36-5/h10-13,17,19-20H,6-9,14-16,18H2,1-5H3. The molecule has 2 aromatic rings. The second kappa shape index (κ2) is 13.0. The summed E-state index contributed by atoms with van der Waals surface area (Å²) in [6, 6.07) is 10.8. The molecule has 0 aromatic heterocycles. The average molecular weight is 516 g/mol. The molecule has 36 heavy (non-hydrogen) atoms. The van der Waals surface area contributed by atoms with Crippen molar-refractivity contribution in [2.45, 2.75) is 39.0 Å². The van der Waals surface area contributed by atoms with E-state index in [4.69, 9.17) is 21.1 Å². The summed E-state index contributed by atoms with van der Waals surface area (Å²) in [5.41, 5.74) is 2.26. The van der Waals surface area contributed by atoms with Gasteiger partial charge in [-0.15, -0.1) is 0 Å². The number of carbonyl (C=O) groups excluding carboxylic acids is 2. The van der Waals surface area contributed by atoms with E-state index >= 15 is 0 Å². The summed E-state index contributed by atoms with van der Waals surface area (Å²) in [6.45, 7) is 8.31. The average Bonchev–Trinajstić information content (AvgIpc) is 3.07. The first-order valence-electron chi connectivity index (χ1n) is 12.6. The summed E-state index contributed by atoms with van der Waals surface area (Å²) in [4.78, 5) is 32.7. The van der Waals surface area contributed by atoms with E-state index in [2.05, 4.69) is 18.7 Å². The number of anilines is 1. The van der Waals surface area contributed by atoms with Gasteiger partial charge in [-0.3, -0.25) is 9.59 Å². The number of fused-ring (bicyclic) bond motifs is 1.